The highest BCUT2D eigenvalue weighted by Crippen LogP contribution is 2.48. The molecule has 0 aromatic heterocycles. The van der Waals surface area contributed by atoms with Gasteiger partial charge in [0.25, 0.3) is 0 Å². The number of hydrogen-bond acceptors (Lipinski definition) is 3. The Morgan fingerprint density at radius 1 is 1.39 bits per heavy atom. The summed E-state index contributed by atoms with van der Waals surface area (Å²) < 4.78 is 6.37. The van der Waals surface area contributed by atoms with Gasteiger partial charge in [0.1, 0.15) is 0 Å². The van der Waals surface area contributed by atoms with E-state index in [0.29, 0.717) is 5.41 Å². The molecule has 3 N–H and O–H groups in total. The van der Waals surface area contributed by atoms with E-state index in [0.717, 1.165) is 25.4 Å². The Kier molecular flexibility index (Phi) is 4.86. The molecule has 0 bridgehead atoms. The Morgan fingerprint density at radius 3 is 2.78 bits per heavy atom. The largest absolute Gasteiger partial charge is 0.399 e. The van der Waals surface area contributed by atoms with E-state index in [-0.39, 0.29) is 0 Å². The minimum atomic E-state index is 0.503. The summed E-state index contributed by atoms with van der Waals surface area (Å²) >= 11 is 2.31. The summed E-state index contributed by atoms with van der Waals surface area (Å²) in [6.45, 7) is 2.86. The SMILES string of the molecule is COCCC1(CNCc2cc(N)cc(I)c2)CC1. The molecule has 0 radical (unpaired) electrons. The number of anilines is 1. The van der Waals surface area contributed by atoms with Gasteiger partial charge in [0, 0.05) is 36.1 Å². The van der Waals surface area contributed by atoms with Crippen molar-refractivity contribution in [3.8, 4) is 0 Å². The van der Waals surface area contributed by atoms with Crippen molar-refractivity contribution in [1.82, 2.24) is 5.32 Å². The van der Waals surface area contributed by atoms with E-state index in [1.165, 1.54) is 28.4 Å². The quantitative estimate of drug-likeness (QED) is 0.581. The molecule has 1 aromatic carbocycles. The Labute approximate surface area is 123 Å². The third kappa shape index (κ3) is 4.10. The molecule has 0 heterocycles. The first-order valence-electron chi connectivity index (χ1n) is 6.38. The molecule has 0 amide bonds. The number of methoxy groups -OCH3 is 1. The van der Waals surface area contributed by atoms with Crippen LogP contribution in [0.5, 0.6) is 0 Å². The van der Waals surface area contributed by atoms with Crippen LogP contribution in [-0.4, -0.2) is 20.3 Å². The first-order valence-corrected chi connectivity index (χ1v) is 7.46. The second-order valence-electron chi connectivity index (χ2n) is 5.24. The zero-order chi connectivity index (χ0) is 13.0. The summed E-state index contributed by atoms with van der Waals surface area (Å²) in [5.41, 5.74) is 8.46. The molecule has 0 aliphatic heterocycles. The molecule has 100 valence electrons. The Balaban J connectivity index is 1.78. The summed E-state index contributed by atoms with van der Waals surface area (Å²) in [4.78, 5) is 0. The molecule has 0 atom stereocenters. The minimum absolute atomic E-state index is 0.503. The molecule has 2 rings (SSSR count). The van der Waals surface area contributed by atoms with Gasteiger partial charge in [-0.2, -0.15) is 0 Å². The predicted molar refractivity (Wildman–Crippen MR) is 83.4 cm³/mol. The van der Waals surface area contributed by atoms with Crippen LogP contribution < -0.4 is 11.1 Å². The highest BCUT2D eigenvalue weighted by atomic mass is 127. The lowest BCUT2D eigenvalue weighted by Gasteiger charge is -2.15. The van der Waals surface area contributed by atoms with Gasteiger partial charge in [-0.1, -0.05) is 0 Å². The van der Waals surface area contributed by atoms with Crippen LogP contribution in [0.25, 0.3) is 0 Å². The number of ether oxygens (including phenoxy) is 1. The zero-order valence-corrected chi connectivity index (χ0v) is 13.0. The molecule has 0 saturated heterocycles. The van der Waals surface area contributed by atoms with Crippen LogP contribution in [0.3, 0.4) is 0 Å². The maximum absolute atomic E-state index is 5.85. The normalized spacial score (nSPS) is 16.8. The number of halogens is 1. The van der Waals surface area contributed by atoms with Crippen LogP contribution in [-0.2, 0) is 11.3 Å². The van der Waals surface area contributed by atoms with Gasteiger partial charge < -0.3 is 15.8 Å². The van der Waals surface area contributed by atoms with E-state index in [1.54, 1.807) is 7.11 Å². The first kappa shape index (κ1) is 14.1. The molecule has 0 unspecified atom stereocenters. The zero-order valence-electron chi connectivity index (χ0n) is 10.8. The third-order valence-corrected chi connectivity index (χ3v) is 4.23. The highest BCUT2D eigenvalue weighted by Gasteiger charge is 2.41. The van der Waals surface area contributed by atoms with E-state index in [9.17, 15) is 0 Å². The van der Waals surface area contributed by atoms with Gasteiger partial charge in [-0.15, -0.1) is 0 Å². The number of nitrogens with one attached hydrogen (secondary N) is 1. The molecule has 1 saturated carbocycles. The van der Waals surface area contributed by atoms with Crippen molar-refractivity contribution < 1.29 is 4.74 Å². The lowest BCUT2D eigenvalue weighted by Crippen LogP contribution is -2.24. The molecule has 18 heavy (non-hydrogen) atoms. The highest BCUT2D eigenvalue weighted by molar-refractivity contribution is 14.1. The average Bonchev–Trinajstić information content (AvgIpc) is 3.06. The fourth-order valence-corrected chi connectivity index (χ4v) is 3.02. The van der Waals surface area contributed by atoms with Crippen molar-refractivity contribution in [2.75, 3.05) is 26.0 Å². The number of rotatable bonds is 7. The molecule has 3 nitrogen and oxygen atoms in total. The van der Waals surface area contributed by atoms with Crippen LogP contribution >= 0.6 is 22.6 Å². The molecular weight excluding hydrogens is 339 g/mol. The summed E-state index contributed by atoms with van der Waals surface area (Å²) in [5.74, 6) is 0. The van der Waals surface area contributed by atoms with Crippen molar-refractivity contribution in [1.29, 1.82) is 0 Å². The molecule has 0 spiro atoms. The summed E-state index contributed by atoms with van der Waals surface area (Å²) in [5, 5.41) is 3.55. The van der Waals surface area contributed by atoms with Crippen molar-refractivity contribution in [3.05, 3.63) is 27.3 Å². The standard InChI is InChI=1S/C14H21IN2O/c1-18-5-4-14(2-3-14)10-17-9-11-6-12(15)8-13(16)7-11/h6-8,17H,2-5,9-10,16H2,1H3. The number of hydrogen-bond donors (Lipinski definition) is 2. The molecule has 4 heteroatoms. The molecule has 1 aliphatic rings. The van der Waals surface area contributed by atoms with Gasteiger partial charge in [-0.05, 0) is 71.0 Å². The topological polar surface area (TPSA) is 47.3 Å². The summed E-state index contributed by atoms with van der Waals surface area (Å²) in [6, 6.07) is 6.22. The smallest absolute Gasteiger partial charge is 0.0468 e. The maximum atomic E-state index is 5.85. The molecule has 1 fully saturated rings. The van der Waals surface area contributed by atoms with Crippen LogP contribution in [0, 0.1) is 8.99 Å². The summed E-state index contributed by atoms with van der Waals surface area (Å²) in [6.07, 6.45) is 3.83. The van der Waals surface area contributed by atoms with Crippen molar-refractivity contribution in [2.45, 2.75) is 25.8 Å². The molecule has 1 aliphatic carbocycles. The average molecular weight is 360 g/mol. The van der Waals surface area contributed by atoms with E-state index in [1.807, 2.05) is 12.1 Å². The van der Waals surface area contributed by atoms with Crippen LogP contribution in [0.15, 0.2) is 18.2 Å². The van der Waals surface area contributed by atoms with E-state index in [2.05, 4.69) is 34.0 Å². The minimum Gasteiger partial charge on any atom is -0.399 e. The lowest BCUT2D eigenvalue weighted by atomic mass is 10.0. The fraction of sp³-hybridized carbons (Fsp3) is 0.571. The Morgan fingerprint density at radius 2 is 2.17 bits per heavy atom. The van der Waals surface area contributed by atoms with Crippen LogP contribution in [0.2, 0.25) is 0 Å². The number of nitrogen functional groups attached to an aromatic ring is 1. The van der Waals surface area contributed by atoms with Crippen LogP contribution in [0.1, 0.15) is 24.8 Å². The Bertz CT molecular complexity index is 385. The summed E-state index contributed by atoms with van der Waals surface area (Å²) in [7, 11) is 1.78. The van der Waals surface area contributed by atoms with Gasteiger partial charge in [0.05, 0.1) is 0 Å². The first-order chi connectivity index (χ1) is 8.63. The van der Waals surface area contributed by atoms with Crippen molar-refractivity contribution >= 4 is 28.3 Å². The third-order valence-electron chi connectivity index (χ3n) is 3.60. The second kappa shape index (κ2) is 6.21. The predicted octanol–water partition coefficient (Wildman–Crippen LogP) is 2.78. The number of nitrogens with two attached hydrogens (primary N) is 1. The van der Waals surface area contributed by atoms with Gasteiger partial charge in [-0.3, -0.25) is 0 Å². The fourth-order valence-electron chi connectivity index (χ4n) is 2.26. The Hall–Kier alpha value is -0.330. The monoisotopic (exact) mass is 360 g/mol. The van der Waals surface area contributed by atoms with Gasteiger partial charge >= 0.3 is 0 Å². The lowest BCUT2D eigenvalue weighted by molar-refractivity contribution is 0.171. The molecular formula is C14H21IN2O. The van der Waals surface area contributed by atoms with Gasteiger partial charge in [0.2, 0.25) is 0 Å². The van der Waals surface area contributed by atoms with Crippen molar-refractivity contribution in [2.24, 2.45) is 5.41 Å². The van der Waals surface area contributed by atoms with E-state index < -0.39 is 0 Å². The second-order valence-corrected chi connectivity index (χ2v) is 6.48. The van der Waals surface area contributed by atoms with E-state index in [4.69, 9.17) is 10.5 Å². The van der Waals surface area contributed by atoms with E-state index >= 15 is 0 Å². The van der Waals surface area contributed by atoms with Crippen molar-refractivity contribution in [3.63, 3.8) is 0 Å². The number of benzene rings is 1. The van der Waals surface area contributed by atoms with Crippen LogP contribution in [0.4, 0.5) is 5.69 Å². The molecule has 1 aromatic rings. The maximum Gasteiger partial charge on any atom is 0.0468 e. The van der Waals surface area contributed by atoms with Gasteiger partial charge in [-0.25, -0.2) is 0 Å². The van der Waals surface area contributed by atoms with Gasteiger partial charge in [0.15, 0.2) is 0 Å².